The number of benzene rings is 1. The highest BCUT2D eigenvalue weighted by Crippen LogP contribution is 2.25. The van der Waals surface area contributed by atoms with Crippen LogP contribution in [0.3, 0.4) is 0 Å². The number of hydrogen-bond acceptors (Lipinski definition) is 3. The molecule has 0 aliphatic heterocycles. The first-order chi connectivity index (χ1) is 7.71. The molecular weight excluding hydrogens is 216 g/mol. The standard InChI is InChI=1S/C14H20O3/c1-13(2,3)17-12(15)10-14(4,16)11-8-6-5-7-9-11/h5-9,16H,10H2,1-4H3/t14-/m1/s1. The van der Waals surface area contributed by atoms with E-state index in [9.17, 15) is 9.90 Å². The van der Waals surface area contributed by atoms with E-state index in [0.717, 1.165) is 0 Å². The van der Waals surface area contributed by atoms with Crippen LogP contribution >= 0.6 is 0 Å². The van der Waals surface area contributed by atoms with Crippen molar-refractivity contribution in [1.29, 1.82) is 0 Å². The van der Waals surface area contributed by atoms with Gasteiger partial charge in [-0.15, -0.1) is 0 Å². The Hall–Kier alpha value is -1.35. The van der Waals surface area contributed by atoms with Crippen LogP contribution in [0.4, 0.5) is 0 Å². The minimum absolute atomic E-state index is 0.0473. The summed E-state index contributed by atoms with van der Waals surface area (Å²) in [5.74, 6) is -0.397. The predicted octanol–water partition coefficient (Wildman–Crippen LogP) is 2.63. The third kappa shape index (κ3) is 4.57. The van der Waals surface area contributed by atoms with E-state index in [1.807, 2.05) is 39.0 Å². The lowest BCUT2D eigenvalue weighted by Gasteiger charge is -2.26. The van der Waals surface area contributed by atoms with Gasteiger partial charge < -0.3 is 9.84 Å². The zero-order valence-electron chi connectivity index (χ0n) is 10.9. The fourth-order valence-corrected chi connectivity index (χ4v) is 1.56. The molecule has 1 N–H and O–H groups in total. The number of aliphatic hydroxyl groups is 1. The normalized spacial score (nSPS) is 15.1. The molecule has 1 aromatic rings. The molecule has 0 saturated carbocycles. The monoisotopic (exact) mass is 236 g/mol. The van der Waals surface area contributed by atoms with Gasteiger partial charge in [-0.3, -0.25) is 4.79 Å². The van der Waals surface area contributed by atoms with E-state index in [4.69, 9.17) is 4.74 Å². The summed E-state index contributed by atoms with van der Waals surface area (Å²) >= 11 is 0. The van der Waals surface area contributed by atoms with Crippen LogP contribution in [-0.4, -0.2) is 16.7 Å². The second-order valence-corrected chi connectivity index (χ2v) is 5.40. The molecule has 0 spiro atoms. The molecule has 0 amide bonds. The van der Waals surface area contributed by atoms with Crippen molar-refractivity contribution >= 4 is 5.97 Å². The average molecular weight is 236 g/mol. The maximum atomic E-state index is 11.7. The molecular formula is C14H20O3. The third-order valence-electron chi connectivity index (χ3n) is 2.30. The van der Waals surface area contributed by atoms with Crippen LogP contribution < -0.4 is 0 Å². The maximum Gasteiger partial charge on any atom is 0.309 e. The lowest BCUT2D eigenvalue weighted by molar-refractivity contribution is -0.160. The van der Waals surface area contributed by atoms with E-state index in [1.165, 1.54) is 0 Å². The van der Waals surface area contributed by atoms with Crippen molar-refractivity contribution in [3.8, 4) is 0 Å². The SMILES string of the molecule is CC(C)(C)OC(=O)C[C@@](C)(O)c1ccccc1. The molecule has 1 rings (SSSR count). The average Bonchev–Trinajstić information content (AvgIpc) is 2.15. The molecule has 3 nitrogen and oxygen atoms in total. The Kier molecular flexibility index (Phi) is 3.94. The zero-order chi connectivity index (χ0) is 13.1. The van der Waals surface area contributed by atoms with Gasteiger partial charge >= 0.3 is 5.97 Å². The predicted molar refractivity (Wildman–Crippen MR) is 66.5 cm³/mol. The van der Waals surface area contributed by atoms with E-state index in [0.29, 0.717) is 5.56 Å². The van der Waals surface area contributed by atoms with Crippen molar-refractivity contribution in [2.24, 2.45) is 0 Å². The summed E-state index contributed by atoms with van der Waals surface area (Å²) in [6.07, 6.45) is -0.0473. The molecule has 1 atom stereocenters. The first-order valence-electron chi connectivity index (χ1n) is 5.70. The first-order valence-corrected chi connectivity index (χ1v) is 5.70. The summed E-state index contributed by atoms with van der Waals surface area (Å²) in [6, 6.07) is 9.12. The van der Waals surface area contributed by atoms with Crippen LogP contribution in [0.25, 0.3) is 0 Å². The van der Waals surface area contributed by atoms with Gasteiger partial charge in [0.1, 0.15) is 5.60 Å². The summed E-state index contributed by atoms with van der Waals surface area (Å²) in [5, 5.41) is 10.3. The minimum Gasteiger partial charge on any atom is -0.460 e. The Morgan fingerprint density at radius 3 is 2.18 bits per heavy atom. The Bertz CT molecular complexity index is 374. The third-order valence-corrected chi connectivity index (χ3v) is 2.30. The second-order valence-electron chi connectivity index (χ2n) is 5.40. The van der Waals surface area contributed by atoms with Crippen LogP contribution in [0.5, 0.6) is 0 Å². The fourth-order valence-electron chi connectivity index (χ4n) is 1.56. The first kappa shape index (κ1) is 13.7. The van der Waals surface area contributed by atoms with Gasteiger partial charge in [0.15, 0.2) is 0 Å². The number of rotatable bonds is 3. The van der Waals surface area contributed by atoms with Crippen molar-refractivity contribution in [2.45, 2.75) is 45.3 Å². The van der Waals surface area contributed by atoms with Crippen molar-refractivity contribution < 1.29 is 14.6 Å². The summed E-state index contributed by atoms with van der Waals surface area (Å²) < 4.78 is 5.20. The Labute approximate surface area is 102 Å². The molecule has 3 heteroatoms. The number of hydrogen-bond donors (Lipinski definition) is 1. The molecule has 0 bridgehead atoms. The minimum atomic E-state index is -1.19. The molecule has 0 saturated heterocycles. The lowest BCUT2D eigenvalue weighted by Crippen LogP contribution is -2.31. The Morgan fingerprint density at radius 1 is 1.18 bits per heavy atom. The molecule has 0 aliphatic rings. The highest BCUT2D eigenvalue weighted by atomic mass is 16.6. The summed E-state index contributed by atoms with van der Waals surface area (Å²) in [4.78, 5) is 11.7. The number of carbonyl (C=O) groups excluding carboxylic acids is 1. The quantitative estimate of drug-likeness (QED) is 0.821. The molecule has 0 fully saturated rings. The van der Waals surface area contributed by atoms with E-state index in [2.05, 4.69) is 0 Å². The van der Waals surface area contributed by atoms with Crippen molar-refractivity contribution in [3.63, 3.8) is 0 Å². The lowest BCUT2D eigenvalue weighted by atomic mass is 9.92. The van der Waals surface area contributed by atoms with Gasteiger partial charge in [0.05, 0.1) is 12.0 Å². The molecule has 0 unspecified atom stereocenters. The van der Waals surface area contributed by atoms with Crippen molar-refractivity contribution in [1.82, 2.24) is 0 Å². The largest absolute Gasteiger partial charge is 0.460 e. The highest BCUT2D eigenvalue weighted by molar-refractivity contribution is 5.71. The van der Waals surface area contributed by atoms with Gasteiger partial charge in [-0.2, -0.15) is 0 Å². The fraction of sp³-hybridized carbons (Fsp3) is 0.500. The molecule has 0 heterocycles. The summed E-state index contributed by atoms with van der Waals surface area (Å²) in [6.45, 7) is 7.04. The number of ether oxygens (including phenoxy) is 1. The van der Waals surface area contributed by atoms with Crippen LogP contribution in [-0.2, 0) is 15.1 Å². The highest BCUT2D eigenvalue weighted by Gasteiger charge is 2.29. The van der Waals surface area contributed by atoms with Gasteiger partial charge in [-0.25, -0.2) is 0 Å². The zero-order valence-corrected chi connectivity index (χ0v) is 10.9. The van der Waals surface area contributed by atoms with E-state index in [1.54, 1.807) is 19.1 Å². The summed E-state index contributed by atoms with van der Waals surface area (Å²) in [7, 11) is 0. The topological polar surface area (TPSA) is 46.5 Å². The van der Waals surface area contributed by atoms with Gasteiger partial charge in [-0.05, 0) is 33.3 Å². The van der Waals surface area contributed by atoms with E-state index >= 15 is 0 Å². The van der Waals surface area contributed by atoms with Gasteiger partial charge in [0.2, 0.25) is 0 Å². The number of esters is 1. The van der Waals surface area contributed by atoms with Crippen LogP contribution in [0.1, 0.15) is 39.7 Å². The van der Waals surface area contributed by atoms with E-state index < -0.39 is 17.2 Å². The molecule has 0 aliphatic carbocycles. The Morgan fingerprint density at radius 2 is 1.71 bits per heavy atom. The van der Waals surface area contributed by atoms with Crippen LogP contribution in [0, 0.1) is 0 Å². The van der Waals surface area contributed by atoms with Crippen molar-refractivity contribution in [3.05, 3.63) is 35.9 Å². The Balaban J connectivity index is 2.71. The van der Waals surface area contributed by atoms with Crippen molar-refractivity contribution in [2.75, 3.05) is 0 Å². The smallest absolute Gasteiger partial charge is 0.309 e. The van der Waals surface area contributed by atoms with Gasteiger partial charge in [-0.1, -0.05) is 30.3 Å². The second kappa shape index (κ2) is 4.88. The van der Waals surface area contributed by atoms with E-state index in [-0.39, 0.29) is 6.42 Å². The maximum absolute atomic E-state index is 11.7. The molecule has 0 aromatic heterocycles. The molecule has 1 aromatic carbocycles. The summed E-state index contributed by atoms with van der Waals surface area (Å²) in [5.41, 5.74) is -1.00. The molecule has 17 heavy (non-hydrogen) atoms. The van der Waals surface area contributed by atoms with Gasteiger partial charge in [0.25, 0.3) is 0 Å². The van der Waals surface area contributed by atoms with Crippen LogP contribution in [0.2, 0.25) is 0 Å². The molecule has 0 radical (unpaired) electrons. The number of carbonyl (C=O) groups is 1. The molecule has 94 valence electrons. The van der Waals surface area contributed by atoms with Crippen LogP contribution in [0.15, 0.2) is 30.3 Å². The van der Waals surface area contributed by atoms with Gasteiger partial charge in [0, 0.05) is 0 Å².